The van der Waals surface area contributed by atoms with Gasteiger partial charge < -0.3 is 14.8 Å². The van der Waals surface area contributed by atoms with E-state index in [1.807, 2.05) is 6.92 Å². The lowest BCUT2D eigenvalue weighted by Crippen LogP contribution is -2.30. The monoisotopic (exact) mass is 316 g/mol. The maximum absolute atomic E-state index is 12.3. The molecule has 0 saturated carbocycles. The van der Waals surface area contributed by atoms with Crippen molar-refractivity contribution in [3.8, 4) is 5.75 Å². The van der Waals surface area contributed by atoms with Crippen LogP contribution in [0, 0.1) is 5.92 Å². The zero-order chi connectivity index (χ0) is 15.9. The molecule has 120 valence electrons. The first-order chi connectivity index (χ1) is 9.94. The van der Waals surface area contributed by atoms with Gasteiger partial charge in [0.15, 0.2) is 0 Å². The Balaban J connectivity index is 2.90. The molecule has 1 unspecified atom stereocenters. The molecule has 0 spiro atoms. The van der Waals surface area contributed by atoms with Crippen molar-refractivity contribution in [1.82, 2.24) is 10.0 Å². The van der Waals surface area contributed by atoms with E-state index in [-0.39, 0.29) is 10.8 Å². The van der Waals surface area contributed by atoms with Crippen molar-refractivity contribution < 1.29 is 17.9 Å². The largest absolute Gasteiger partial charge is 0.496 e. The highest BCUT2D eigenvalue weighted by Crippen LogP contribution is 2.22. The molecule has 0 amide bonds. The first kappa shape index (κ1) is 17.9. The molecule has 0 bridgehead atoms. The van der Waals surface area contributed by atoms with Crippen LogP contribution in [-0.4, -0.2) is 42.8 Å². The van der Waals surface area contributed by atoms with Crippen LogP contribution in [-0.2, 0) is 21.3 Å². The third-order valence-corrected chi connectivity index (χ3v) is 4.42. The van der Waals surface area contributed by atoms with Gasteiger partial charge in [0, 0.05) is 32.4 Å². The molecule has 0 aromatic heterocycles. The predicted molar refractivity (Wildman–Crippen MR) is 82.0 cm³/mol. The predicted octanol–water partition coefficient (Wildman–Crippen LogP) is 0.975. The third-order valence-electron chi connectivity index (χ3n) is 3.00. The quantitative estimate of drug-likeness (QED) is 0.710. The molecule has 21 heavy (non-hydrogen) atoms. The average molecular weight is 316 g/mol. The number of hydrogen-bond donors (Lipinski definition) is 2. The van der Waals surface area contributed by atoms with Crippen LogP contribution in [0.5, 0.6) is 5.75 Å². The summed E-state index contributed by atoms with van der Waals surface area (Å²) in [6, 6.07) is 4.83. The first-order valence-electron chi connectivity index (χ1n) is 6.74. The minimum atomic E-state index is -3.53. The number of ether oxygens (including phenoxy) is 2. The van der Waals surface area contributed by atoms with E-state index in [0.717, 1.165) is 5.56 Å². The van der Waals surface area contributed by atoms with Crippen LogP contribution in [0.25, 0.3) is 0 Å². The number of methoxy groups -OCH3 is 2. The molecule has 0 radical (unpaired) electrons. The van der Waals surface area contributed by atoms with Crippen molar-refractivity contribution in [1.29, 1.82) is 0 Å². The Morgan fingerprint density at radius 1 is 1.29 bits per heavy atom. The fraction of sp³-hybridized carbons (Fsp3) is 0.571. The van der Waals surface area contributed by atoms with Gasteiger partial charge in [0.2, 0.25) is 10.0 Å². The second-order valence-corrected chi connectivity index (χ2v) is 6.68. The Hall–Kier alpha value is -1.15. The van der Waals surface area contributed by atoms with Gasteiger partial charge in [-0.2, -0.15) is 0 Å². The van der Waals surface area contributed by atoms with Gasteiger partial charge in [-0.25, -0.2) is 13.1 Å². The van der Waals surface area contributed by atoms with E-state index in [1.54, 1.807) is 39.5 Å². The molecule has 0 saturated heterocycles. The standard InChI is InChI=1S/C14H24N2O4S/c1-11(10-19-3)8-16-21(17,18)13-5-6-14(20-4)12(7-13)9-15-2/h5-7,11,15-16H,8-10H2,1-4H3. The summed E-state index contributed by atoms with van der Waals surface area (Å²) in [7, 11) is 1.43. The van der Waals surface area contributed by atoms with Crippen LogP contribution in [0.4, 0.5) is 0 Å². The van der Waals surface area contributed by atoms with Gasteiger partial charge in [-0.05, 0) is 31.2 Å². The van der Waals surface area contributed by atoms with Crippen molar-refractivity contribution in [2.75, 3.05) is 34.4 Å². The van der Waals surface area contributed by atoms with Gasteiger partial charge >= 0.3 is 0 Å². The van der Waals surface area contributed by atoms with Crippen molar-refractivity contribution in [2.24, 2.45) is 5.92 Å². The van der Waals surface area contributed by atoms with Crippen LogP contribution in [0.2, 0.25) is 0 Å². The number of nitrogens with one attached hydrogen (secondary N) is 2. The van der Waals surface area contributed by atoms with Crippen LogP contribution in [0.1, 0.15) is 12.5 Å². The first-order valence-corrected chi connectivity index (χ1v) is 8.23. The molecular formula is C14H24N2O4S. The molecule has 0 aliphatic heterocycles. The maximum Gasteiger partial charge on any atom is 0.240 e. The van der Waals surface area contributed by atoms with E-state index in [4.69, 9.17) is 9.47 Å². The number of hydrogen-bond acceptors (Lipinski definition) is 5. The minimum absolute atomic E-state index is 0.111. The lowest BCUT2D eigenvalue weighted by atomic mass is 10.2. The third kappa shape index (κ3) is 5.28. The summed E-state index contributed by atoms with van der Waals surface area (Å²) in [6.45, 7) is 3.30. The summed E-state index contributed by atoms with van der Waals surface area (Å²) in [5, 5.41) is 2.99. The molecular weight excluding hydrogens is 292 g/mol. The summed E-state index contributed by atoms with van der Waals surface area (Å²) >= 11 is 0. The molecule has 0 heterocycles. The molecule has 1 atom stereocenters. The molecule has 7 heteroatoms. The fourth-order valence-corrected chi connectivity index (χ4v) is 3.14. The highest BCUT2D eigenvalue weighted by Gasteiger charge is 2.17. The van der Waals surface area contributed by atoms with E-state index in [9.17, 15) is 8.42 Å². The lowest BCUT2D eigenvalue weighted by Gasteiger charge is -2.14. The Kier molecular flexibility index (Phi) is 7.10. The van der Waals surface area contributed by atoms with E-state index in [0.29, 0.717) is 25.4 Å². The van der Waals surface area contributed by atoms with Crippen LogP contribution in [0.3, 0.4) is 0 Å². The van der Waals surface area contributed by atoms with Gasteiger partial charge in [0.1, 0.15) is 5.75 Å². The van der Waals surface area contributed by atoms with Gasteiger partial charge in [-0.3, -0.25) is 0 Å². The molecule has 6 nitrogen and oxygen atoms in total. The topological polar surface area (TPSA) is 76.7 Å². The van der Waals surface area contributed by atoms with Crippen LogP contribution in [0.15, 0.2) is 23.1 Å². The number of sulfonamides is 1. The second-order valence-electron chi connectivity index (χ2n) is 4.92. The number of rotatable bonds is 9. The Bertz CT molecular complexity index is 546. The molecule has 0 aliphatic rings. The Labute approximate surface area is 126 Å². The van der Waals surface area contributed by atoms with Gasteiger partial charge in [0.05, 0.1) is 12.0 Å². The highest BCUT2D eigenvalue weighted by molar-refractivity contribution is 7.89. The number of benzene rings is 1. The summed E-state index contributed by atoms with van der Waals surface area (Å²) < 4.78 is 37.4. The molecule has 1 rings (SSSR count). The molecule has 2 N–H and O–H groups in total. The van der Waals surface area contributed by atoms with Crippen molar-refractivity contribution in [3.63, 3.8) is 0 Å². The van der Waals surface area contributed by atoms with Crippen LogP contribution >= 0.6 is 0 Å². The van der Waals surface area contributed by atoms with Gasteiger partial charge in [-0.1, -0.05) is 6.92 Å². The summed E-state index contributed by atoms with van der Waals surface area (Å²) in [4.78, 5) is 0.234. The van der Waals surface area contributed by atoms with Crippen molar-refractivity contribution in [3.05, 3.63) is 23.8 Å². The summed E-state index contributed by atoms with van der Waals surface area (Å²) in [6.07, 6.45) is 0. The van der Waals surface area contributed by atoms with Gasteiger partial charge in [0.25, 0.3) is 0 Å². The van der Waals surface area contributed by atoms with E-state index in [2.05, 4.69) is 10.0 Å². The normalized spacial score (nSPS) is 13.1. The molecule has 0 fully saturated rings. The SMILES string of the molecule is CNCc1cc(S(=O)(=O)NCC(C)COC)ccc1OC. The summed E-state index contributed by atoms with van der Waals surface area (Å²) in [5.74, 6) is 0.774. The Morgan fingerprint density at radius 3 is 2.57 bits per heavy atom. The zero-order valence-corrected chi connectivity index (χ0v) is 13.8. The molecule has 1 aromatic rings. The molecule has 1 aromatic carbocycles. The average Bonchev–Trinajstić information content (AvgIpc) is 2.46. The lowest BCUT2D eigenvalue weighted by molar-refractivity contribution is 0.161. The van der Waals surface area contributed by atoms with Crippen LogP contribution < -0.4 is 14.8 Å². The minimum Gasteiger partial charge on any atom is -0.496 e. The van der Waals surface area contributed by atoms with Crippen molar-refractivity contribution in [2.45, 2.75) is 18.4 Å². The highest BCUT2D eigenvalue weighted by atomic mass is 32.2. The molecule has 0 aliphatic carbocycles. The second kappa shape index (κ2) is 8.33. The zero-order valence-electron chi connectivity index (χ0n) is 13.0. The van der Waals surface area contributed by atoms with E-state index in [1.165, 1.54) is 0 Å². The fourth-order valence-electron chi connectivity index (χ4n) is 1.93. The van der Waals surface area contributed by atoms with Crippen molar-refractivity contribution >= 4 is 10.0 Å². The van der Waals surface area contributed by atoms with E-state index >= 15 is 0 Å². The summed E-state index contributed by atoms with van der Waals surface area (Å²) in [5.41, 5.74) is 0.799. The maximum atomic E-state index is 12.3. The Morgan fingerprint density at radius 2 is 2.00 bits per heavy atom. The van der Waals surface area contributed by atoms with Gasteiger partial charge in [-0.15, -0.1) is 0 Å². The van der Waals surface area contributed by atoms with E-state index < -0.39 is 10.0 Å². The smallest absolute Gasteiger partial charge is 0.240 e.